The standard InChI is InChI=1S/C23H19N3O3S/c1-17-9-10-19-6-4-8-22(23(19)26-17)30(27,28)25-14-2-3-15-29-20-12-11-18-7-5-13-24-21(18)16-20/h4-13,16,25H,14-15H2,1H3. The Kier molecular flexibility index (Phi) is 5.61. The van der Waals surface area contributed by atoms with Crippen LogP contribution in [0.3, 0.4) is 0 Å². The first-order valence-corrected chi connectivity index (χ1v) is 10.8. The molecule has 0 aliphatic rings. The zero-order valence-electron chi connectivity index (χ0n) is 16.3. The van der Waals surface area contributed by atoms with E-state index >= 15 is 0 Å². The lowest BCUT2D eigenvalue weighted by Crippen LogP contribution is -2.24. The van der Waals surface area contributed by atoms with Gasteiger partial charge in [-0.25, -0.2) is 8.42 Å². The number of nitrogens with zero attached hydrogens (tertiary/aromatic N) is 2. The number of sulfonamides is 1. The molecule has 2 aromatic heterocycles. The summed E-state index contributed by atoms with van der Waals surface area (Å²) < 4.78 is 33.5. The second kappa shape index (κ2) is 8.49. The lowest BCUT2D eigenvalue weighted by Gasteiger charge is -2.07. The maximum atomic E-state index is 12.7. The molecule has 0 saturated carbocycles. The van der Waals surface area contributed by atoms with Crippen molar-refractivity contribution in [3.63, 3.8) is 0 Å². The number of hydrogen-bond acceptors (Lipinski definition) is 5. The van der Waals surface area contributed by atoms with E-state index in [0.717, 1.165) is 22.0 Å². The topological polar surface area (TPSA) is 81.2 Å². The molecule has 0 fully saturated rings. The Balaban J connectivity index is 1.38. The van der Waals surface area contributed by atoms with Crippen LogP contribution < -0.4 is 9.46 Å². The molecule has 2 aromatic carbocycles. The number of aryl methyl sites for hydroxylation is 1. The molecule has 0 bridgehead atoms. The summed E-state index contributed by atoms with van der Waals surface area (Å²) in [5.41, 5.74) is 2.05. The molecule has 0 aliphatic heterocycles. The lowest BCUT2D eigenvalue weighted by atomic mass is 10.2. The summed E-state index contributed by atoms with van der Waals surface area (Å²) in [7, 11) is -3.73. The van der Waals surface area contributed by atoms with E-state index in [-0.39, 0.29) is 18.0 Å². The van der Waals surface area contributed by atoms with Crippen molar-refractivity contribution < 1.29 is 13.2 Å². The third-order valence-electron chi connectivity index (χ3n) is 4.48. The molecule has 0 saturated heterocycles. The second-order valence-electron chi connectivity index (χ2n) is 6.61. The third kappa shape index (κ3) is 4.40. The minimum absolute atomic E-state index is 0.0207. The maximum Gasteiger partial charge on any atom is 0.243 e. The highest BCUT2D eigenvalue weighted by Crippen LogP contribution is 2.21. The summed E-state index contributed by atoms with van der Waals surface area (Å²) in [5, 5.41) is 1.80. The number of aromatic nitrogens is 2. The molecule has 150 valence electrons. The summed E-state index contributed by atoms with van der Waals surface area (Å²) in [6, 6.07) is 18.3. The Morgan fingerprint density at radius 3 is 2.73 bits per heavy atom. The van der Waals surface area contributed by atoms with E-state index in [1.54, 1.807) is 18.3 Å². The Labute approximate surface area is 175 Å². The molecule has 0 spiro atoms. The number of para-hydroxylation sites is 1. The molecule has 0 aliphatic carbocycles. The number of fused-ring (bicyclic) bond motifs is 2. The highest BCUT2D eigenvalue weighted by Gasteiger charge is 2.17. The number of rotatable bonds is 5. The highest BCUT2D eigenvalue weighted by molar-refractivity contribution is 7.89. The predicted molar refractivity (Wildman–Crippen MR) is 117 cm³/mol. The number of hydrogen-bond donors (Lipinski definition) is 1. The zero-order valence-corrected chi connectivity index (χ0v) is 17.1. The average molecular weight is 417 g/mol. The third-order valence-corrected chi connectivity index (χ3v) is 5.91. The molecule has 4 aromatic rings. The predicted octanol–water partition coefficient (Wildman–Crippen LogP) is 3.45. The molecule has 30 heavy (non-hydrogen) atoms. The van der Waals surface area contributed by atoms with Crippen LogP contribution in [0.2, 0.25) is 0 Å². The van der Waals surface area contributed by atoms with Gasteiger partial charge in [0.05, 0.1) is 17.6 Å². The van der Waals surface area contributed by atoms with Gasteiger partial charge in [0.2, 0.25) is 10.0 Å². The first kappa shape index (κ1) is 19.8. The summed E-state index contributed by atoms with van der Waals surface area (Å²) in [5.74, 6) is 6.25. The van der Waals surface area contributed by atoms with E-state index in [0.29, 0.717) is 11.3 Å². The molecule has 4 rings (SSSR count). The van der Waals surface area contributed by atoms with E-state index in [1.807, 2.05) is 55.5 Å². The molecule has 0 atom stereocenters. The van der Waals surface area contributed by atoms with E-state index in [4.69, 9.17) is 4.74 Å². The fourth-order valence-corrected chi connectivity index (χ4v) is 4.11. The van der Waals surface area contributed by atoms with Crippen molar-refractivity contribution in [2.45, 2.75) is 11.8 Å². The Hall–Kier alpha value is -3.47. The van der Waals surface area contributed by atoms with E-state index in [2.05, 4.69) is 26.5 Å². The molecule has 6 nitrogen and oxygen atoms in total. The van der Waals surface area contributed by atoms with Crippen LogP contribution in [0.15, 0.2) is 71.8 Å². The van der Waals surface area contributed by atoms with Gasteiger partial charge in [0.25, 0.3) is 0 Å². The van der Waals surface area contributed by atoms with Gasteiger partial charge in [0.1, 0.15) is 17.3 Å². The van der Waals surface area contributed by atoms with Gasteiger partial charge in [-0.15, -0.1) is 0 Å². The van der Waals surface area contributed by atoms with Crippen LogP contribution in [-0.2, 0) is 10.0 Å². The zero-order chi connectivity index (χ0) is 21.0. The van der Waals surface area contributed by atoms with Crippen LogP contribution in [0, 0.1) is 18.8 Å². The molecule has 0 amide bonds. The monoisotopic (exact) mass is 417 g/mol. The SMILES string of the molecule is Cc1ccc2cccc(S(=O)(=O)NCC#CCOc3ccc4cccnc4c3)c2n1. The summed E-state index contributed by atoms with van der Waals surface area (Å²) in [6.07, 6.45) is 1.73. The molecular weight excluding hydrogens is 398 g/mol. The fraction of sp³-hybridized carbons (Fsp3) is 0.130. The minimum Gasteiger partial charge on any atom is -0.481 e. The first-order chi connectivity index (χ1) is 14.5. The van der Waals surface area contributed by atoms with Crippen LogP contribution in [0.25, 0.3) is 21.8 Å². The van der Waals surface area contributed by atoms with Gasteiger partial charge in [0, 0.05) is 28.7 Å². The number of benzene rings is 2. The Morgan fingerprint density at radius 1 is 1.00 bits per heavy atom. The normalized spacial score (nSPS) is 11.2. The van der Waals surface area contributed by atoms with E-state index < -0.39 is 10.0 Å². The molecule has 0 unspecified atom stereocenters. The van der Waals surface area contributed by atoms with Crippen molar-refractivity contribution >= 4 is 31.8 Å². The maximum absolute atomic E-state index is 12.7. The fourth-order valence-electron chi connectivity index (χ4n) is 3.01. The summed E-state index contributed by atoms with van der Waals surface area (Å²) in [6.45, 7) is 1.95. The quantitative estimate of drug-likeness (QED) is 0.503. The highest BCUT2D eigenvalue weighted by atomic mass is 32.2. The molecule has 7 heteroatoms. The molecule has 0 radical (unpaired) electrons. The molecule has 2 heterocycles. The van der Waals surface area contributed by atoms with Crippen molar-refractivity contribution in [1.29, 1.82) is 0 Å². The average Bonchev–Trinajstić information content (AvgIpc) is 2.75. The number of ether oxygens (including phenoxy) is 1. The second-order valence-corrected chi connectivity index (χ2v) is 8.34. The van der Waals surface area contributed by atoms with E-state index in [1.165, 1.54) is 0 Å². The van der Waals surface area contributed by atoms with E-state index in [9.17, 15) is 8.42 Å². The van der Waals surface area contributed by atoms with Crippen molar-refractivity contribution in [2.75, 3.05) is 13.2 Å². The minimum atomic E-state index is -3.73. The molecular formula is C23H19N3O3S. The van der Waals surface area contributed by atoms with Gasteiger partial charge in [-0.05, 0) is 37.3 Å². The number of pyridine rings is 2. The van der Waals surface area contributed by atoms with Crippen molar-refractivity contribution in [3.05, 3.63) is 72.6 Å². The Morgan fingerprint density at radius 2 is 1.83 bits per heavy atom. The largest absolute Gasteiger partial charge is 0.481 e. The smallest absolute Gasteiger partial charge is 0.243 e. The van der Waals surface area contributed by atoms with Crippen LogP contribution in [0.4, 0.5) is 0 Å². The van der Waals surface area contributed by atoms with Crippen LogP contribution in [-0.4, -0.2) is 31.5 Å². The first-order valence-electron chi connectivity index (χ1n) is 9.32. The lowest BCUT2D eigenvalue weighted by molar-refractivity contribution is 0.370. The molecule has 1 N–H and O–H groups in total. The van der Waals surface area contributed by atoms with Gasteiger partial charge in [-0.3, -0.25) is 9.97 Å². The van der Waals surface area contributed by atoms with Gasteiger partial charge >= 0.3 is 0 Å². The number of nitrogens with one attached hydrogen (secondary N) is 1. The van der Waals surface area contributed by atoms with Crippen LogP contribution in [0.1, 0.15) is 5.69 Å². The van der Waals surface area contributed by atoms with Crippen molar-refractivity contribution in [2.24, 2.45) is 0 Å². The van der Waals surface area contributed by atoms with Crippen molar-refractivity contribution in [3.8, 4) is 17.6 Å². The summed E-state index contributed by atoms with van der Waals surface area (Å²) in [4.78, 5) is 8.80. The van der Waals surface area contributed by atoms with Crippen molar-refractivity contribution in [1.82, 2.24) is 14.7 Å². The van der Waals surface area contributed by atoms with Gasteiger partial charge in [0.15, 0.2) is 0 Å². The van der Waals surface area contributed by atoms with Gasteiger partial charge < -0.3 is 4.74 Å². The van der Waals surface area contributed by atoms with Crippen LogP contribution >= 0.6 is 0 Å². The van der Waals surface area contributed by atoms with Gasteiger partial charge in [-0.2, -0.15) is 4.72 Å². The Bertz CT molecular complexity index is 1390. The van der Waals surface area contributed by atoms with Crippen LogP contribution in [0.5, 0.6) is 5.75 Å². The van der Waals surface area contributed by atoms with Gasteiger partial charge in [-0.1, -0.05) is 36.1 Å². The summed E-state index contributed by atoms with van der Waals surface area (Å²) >= 11 is 0.